The van der Waals surface area contributed by atoms with Crippen LogP contribution in [-0.4, -0.2) is 18.3 Å². The summed E-state index contributed by atoms with van der Waals surface area (Å²) < 4.78 is 65.9. The standard InChI is InChI=1S/C7H4ClF5O3/c1-3(8)5(14)15-4(2)16-7(12,13)6(9,10)11/h1-2H2. The van der Waals surface area contributed by atoms with E-state index in [1.54, 1.807) is 0 Å². The third kappa shape index (κ3) is 4.05. The molecule has 0 saturated heterocycles. The van der Waals surface area contributed by atoms with E-state index in [2.05, 4.69) is 22.6 Å². The molecule has 0 rings (SSSR count). The number of carbonyl (C=O) groups excluding carboxylic acids is 1. The summed E-state index contributed by atoms with van der Waals surface area (Å²) in [7, 11) is 0. The monoisotopic (exact) mass is 266 g/mol. The molecular weight excluding hydrogens is 263 g/mol. The van der Waals surface area contributed by atoms with E-state index >= 15 is 0 Å². The Morgan fingerprint density at radius 2 is 1.56 bits per heavy atom. The van der Waals surface area contributed by atoms with Gasteiger partial charge < -0.3 is 9.47 Å². The highest BCUT2D eigenvalue weighted by molar-refractivity contribution is 6.40. The highest BCUT2D eigenvalue weighted by atomic mass is 35.5. The predicted molar refractivity (Wildman–Crippen MR) is 42.3 cm³/mol. The molecular formula is C7H4ClF5O3. The first-order chi connectivity index (χ1) is 6.97. The third-order valence-electron chi connectivity index (χ3n) is 1.00. The highest BCUT2D eigenvalue weighted by Gasteiger charge is 2.61. The van der Waals surface area contributed by atoms with Crippen molar-refractivity contribution >= 4 is 17.6 Å². The van der Waals surface area contributed by atoms with Crippen LogP contribution in [0.3, 0.4) is 0 Å². The lowest BCUT2D eigenvalue weighted by molar-refractivity contribution is -0.386. The Bertz CT molecular complexity index is 322. The Morgan fingerprint density at radius 1 is 1.12 bits per heavy atom. The van der Waals surface area contributed by atoms with E-state index in [-0.39, 0.29) is 0 Å². The van der Waals surface area contributed by atoms with Crippen LogP contribution in [0.25, 0.3) is 0 Å². The SMILES string of the molecule is C=C(OC(=O)C(=C)Cl)OC(F)(F)C(F)(F)F. The number of esters is 1. The first-order valence-electron chi connectivity index (χ1n) is 3.36. The van der Waals surface area contributed by atoms with Crippen molar-refractivity contribution in [2.75, 3.05) is 0 Å². The minimum absolute atomic E-state index is 0.736. The van der Waals surface area contributed by atoms with Crippen LogP contribution in [0.5, 0.6) is 0 Å². The number of hydrogen-bond donors (Lipinski definition) is 0. The molecule has 0 bridgehead atoms. The fourth-order valence-corrected chi connectivity index (χ4v) is 0.419. The fraction of sp³-hybridized carbons (Fsp3) is 0.286. The van der Waals surface area contributed by atoms with Crippen LogP contribution in [0.2, 0.25) is 0 Å². The number of halogens is 6. The molecule has 0 aliphatic carbocycles. The lowest BCUT2D eigenvalue weighted by atomic mass is 10.6. The van der Waals surface area contributed by atoms with Gasteiger partial charge >= 0.3 is 18.3 Å². The molecule has 3 nitrogen and oxygen atoms in total. The Kier molecular flexibility index (Phi) is 4.30. The molecule has 0 saturated carbocycles. The van der Waals surface area contributed by atoms with Crippen LogP contribution in [0.4, 0.5) is 22.0 Å². The number of hydrogen-bond acceptors (Lipinski definition) is 3. The zero-order valence-electron chi connectivity index (χ0n) is 7.41. The maximum atomic E-state index is 12.2. The molecule has 0 atom stereocenters. The van der Waals surface area contributed by atoms with Crippen LogP contribution in [0.1, 0.15) is 0 Å². The molecule has 0 radical (unpaired) electrons. The molecule has 0 N–H and O–H groups in total. The summed E-state index contributed by atoms with van der Waals surface area (Å²) in [5.74, 6) is -3.00. The van der Waals surface area contributed by atoms with E-state index in [0.717, 1.165) is 0 Å². The molecule has 0 aliphatic heterocycles. The Hall–Kier alpha value is -1.31. The van der Waals surface area contributed by atoms with Crippen LogP contribution in [0.15, 0.2) is 24.1 Å². The topological polar surface area (TPSA) is 35.5 Å². The van der Waals surface area contributed by atoms with Crippen molar-refractivity contribution in [3.8, 4) is 0 Å². The van der Waals surface area contributed by atoms with Crippen LogP contribution in [-0.2, 0) is 14.3 Å². The second-order valence-corrected chi connectivity index (χ2v) is 2.74. The molecule has 9 heteroatoms. The molecule has 0 spiro atoms. The average Bonchev–Trinajstić information content (AvgIpc) is 1.99. The van der Waals surface area contributed by atoms with Gasteiger partial charge in [0.25, 0.3) is 5.95 Å². The number of carbonyl (C=O) groups is 1. The molecule has 0 amide bonds. The summed E-state index contributed by atoms with van der Waals surface area (Å²) in [6, 6.07) is 0. The van der Waals surface area contributed by atoms with Gasteiger partial charge in [0.1, 0.15) is 5.03 Å². The third-order valence-corrected chi connectivity index (χ3v) is 1.15. The summed E-state index contributed by atoms with van der Waals surface area (Å²) in [5, 5.41) is -0.736. The Morgan fingerprint density at radius 3 is 1.88 bits per heavy atom. The second-order valence-electron chi connectivity index (χ2n) is 2.28. The van der Waals surface area contributed by atoms with Crippen LogP contribution in [0, 0.1) is 0 Å². The second kappa shape index (κ2) is 4.69. The van der Waals surface area contributed by atoms with E-state index in [4.69, 9.17) is 11.6 Å². The van der Waals surface area contributed by atoms with Gasteiger partial charge in [-0.2, -0.15) is 22.0 Å². The summed E-state index contributed by atoms with van der Waals surface area (Å²) in [4.78, 5) is 10.6. The van der Waals surface area contributed by atoms with Crippen molar-refractivity contribution in [1.29, 1.82) is 0 Å². The molecule has 0 aromatic heterocycles. The summed E-state index contributed by atoms with van der Waals surface area (Å²) in [5.41, 5.74) is 0. The number of rotatable bonds is 4. The van der Waals surface area contributed by atoms with Gasteiger partial charge in [-0.25, -0.2) is 4.79 Å². The van der Waals surface area contributed by atoms with Crippen LogP contribution >= 0.6 is 11.6 Å². The van der Waals surface area contributed by atoms with Crippen LogP contribution < -0.4 is 0 Å². The smallest absolute Gasteiger partial charge is 0.394 e. The quantitative estimate of drug-likeness (QED) is 0.340. The van der Waals surface area contributed by atoms with E-state index in [0.29, 0.717) is 0 Å². The molecule has 0 heterocycles. The Labute approximate surface area is 91.1 Å². The largest absolute Gasteiger partial charge is 0.501 e. The summed E-state index contributed by atoms with van der Waals surface area (Å²) >= 11 is 4.96. The number of ether oxygens (including phenoxy) is 2. The first kappa shape index (κ1) is 14.7. The molecule has 0 aromatic carbocycles. The lowest BCUT2D eigenvalue weighted by Gasteiger charge is -2.20. The predicted octanol–water partition coefficient (Wildman–Crippen LogP) is 2.93. The molecule has 16 heavy (non-hydrogen) atoms. The van der Waals surface area contributed by atoms with Crippen molar-refractivity contribution < 1.29 is 36.2 Å². The van der Waals surface area contributed by atoms with Crippen molar-refractivity contribution in [3.05, 3.63) is 24.1 Å². The highest BCUT2D eigenvalue weighted by Crippen LogP contribution is 2.37. The molecule has 0 aromatic rings. The Balaban J connectivity index is 4.48. The first-order valence-corrected chi connectivity index (χ1v) is 3.74. The van der Waals surface area contributed by atoms with Gasteiger partial charge in [-0.3, -0.25) is 0 Å². The van der Waals surface area contributed by atoms with Gasteiger partial charge in [-0.1, -0.05) is 18.2 Å². The van der Waals surface area contributed by atoms with Crippen molar-refractivity contribution in [1.82, 2.24) is 0 Å². The number of alkyl halides is 5. The van der Waals surface area contributed by atoms with Crippen molar-refractivity contribution in [2.24, 2.45) is 0 Å². The van der Waals surface area contributed by atoms with Gasteiger partial charge in [0, 0.05) is 0 Å². The zero-order chi connectivity index (χ0) is 13.1. The maximum absolute atomic E-state index is 12.2. The van der Waals surface area contributed by atoms with Crippen molar-refractivity contribution in [2.45, 2.75) is 12.3 Å². The lowest BCUT2D eigenvalue weighted by Crippen LogP contribution is -2.39. The zero-order valence-corrected chi connectivity index (χ0v) is 8.16. The van der Waals surface area contributed by atoms with Gasteiger partial charge in [-0.15, -0.1) is 0 Å². The average molecular weight is 267 g/mol. The van der Waals surface area contributed by atoms with E-state index in [1.165, 1.54) is 0 Å². The normalized spacial score (nSPS) is 11.9. The van der Waals surface area contributed by atoms with Gasteiger partial charge in [0.15, 0.2) is 0 Å². The van der Waals surface area contributed by atoms with E-state index in [9.17, 15) is 26.7 Å². The summed E-state index contributed by atoms with van der Waals surface area (Å²) in [6.45, 7) is 5.37. The maximum Gasteiger partial charge on any atom is 0.501 e. The molecule has 0 unspecified atom stereocenters. The minimum Gasteiger partial charge on any atom is -0.394 e. The molecule has 0 fully saturated rings. The van der Waals surface area contributed by atoms with Gasteiger partial charge in [0.05, 0.1) is 0 Å². The van der Waals surface area contributed by atoms with Gasteiger partial charge in [0.2, 0.25) is 0 Å². The van der Waals surface area contributed by atoms with E-state index < -0.39 is 29.2 Å². The summed E-state index contributed by atoms with van der Waals surface area (Å²) in [6.07, 6.45) is -11.5. The minimum atomic E-state index is -5.96. The van der Waals surface area contributed by atoms with Gasteiger partial charge in [-0.05, 0) is 6.58 Å². The molecule has 92 valence electrons. The fourth-order valence-electron chi connectivity index (χ4n) is 0.380. The van der Waals surface area contributed by atoms with Crippen molar-refractivity contribution in [3.63, 3.8) is 0 Å². The van der Waals surface area contributed by atoms with E-state index in [1.807, 2.05) is 0 Å². The molecule has 0 aliphatic rings.